The number of piperidine rings is 2. The van der Waals surface area contributed by atoms with Gasteiger partial charge in [0.1, 0.15) is 0 Å². The molecule has 0 saturated carbocycles. The number of likely N-dealkylation sites (tertiary alicyclic amines) is 1. The fourth-order valence-electron chi connectivity index (χ4n) is 3.41. The molecule has 1 aromatic heterocycles. The average molecular weight is 393 g/mol. The topological polar surface area (TPSA) is 75.1 Å². The van der Waals surface area contributed by atoms with E-state index in [0.717, 1.165) is 38.9 Å². The lowest BCUT2D eigenvalue weighted by Crippen LogP contribution is -2.33. The highest BCUT2D eigenvalue weighted by atomic mass is 35.5. The van der Waals surface area contributed by atoms with Crippen molar-refractivity contribution in [1.82, 2.24) is 30.5 Å². The van der Waals surface area contributed by atoms with Gasteiger partial charge in [0.2, 0.25) is 0 Å². The molecule has 0 unspecified atom stereocenters. The van der Waals surface area contributed by atoms with Gasteiger partial charge in [-0.1, -0.05) is 11.6 Å². The van der Waals surface area contributed by atoms with Crippen molar-refractivity contribution in [2.75, 3.05) is 39.3 Å². The highest BCUT2D eigenvalue weighted by Gasteiger charge is 2.18. The Kier molecular flexibility index (Phi) is 10.3. The number of rotatable bonds is 6. The maximum Gasteiger partial charge on any atom is 0.273 e. The number of carbonyl (C=O) groups is 1. The van der Waals surface area contributed by atoms with E-state index < -0.39 is 0 Å². The summed E-state index contributed by atoms with van der Waals surface area (Å²) in [5.41, 5.74) is 0.432. The quantitative estimate of drug-likeness (QED) is 0.719. The lowest BCUT2D eigenvalue weighted by Gasteiger charge is -2.26. The summed E-state index contributed by atoms with van der Waals surface area (Å²) in [5, 5.41) is 14.5. The first-order valence-electron chi connectivity index (χ1n) is 8.96. The summed E-state index contributed by atoms with van der Waals surface area (Å²) in [6.45, 7) is 6.19. The molecule has 0 aromatic carbocycles. The number of hydrogen-bond acceptors (Lipinski definition) is 5. The number of carbonyl (C=O) groups excluding carboxylic acids is 1. The molecule has 3 heterocycles. The van der Waals surface area contributed by atoms with Gasteiger partial charge in [-0.05, 0) is 64.8 Å². The van der Waals surface area contributed by atoms with Crippen LogP contribution in [0, 0.1) is 0 Å². The van der Waals surface area contributed by atoms with Crippen molar-refractivity contribution in [3.63, 3.8) is 0 Å². The van der Waals surface area contributed by atoms with E-state index in [9.17, 15) is 4.79 Å². The molecule has 0 spiro atoms. The third kappa shape index (κ3) is 6.73. The zero-order valence-corrected chi connectivity index (χ0v) is 16.3. The number of hydrogen-bond donors (Lipinski definition) is 2. The minimum atomic E-state index is -0.108. The molecule has 0 aliphatic carbocycles. The van der Waals surface area contributed by atoms with E-state index in [1.54, 1.807) is 6.20 Å². The summed E-state index contributed by atoms with van der Waals surface area (Å²) in [5.74, 6) is -0.108. The van der Waals surface area contributed by atoms with Gasteiger partial charge >= 0.3 is 0 Å². The van der Waals surface area contributed by atoms with Gasteiger partial charge in [0.05, 0.1) is 12.2 Å². The van der Waals surface area contributed by atoms with E-state index in [-0.39, 0.29) is 30.7 Å². The first-order valence-corrected chi connectivity index (χ1v) is 8.96. The van der Waals surface area contributed by atoms with Crippen molar-refractivity contribution >= 4 is 30.7 Å². The monoisotopic (exact) mass is 392 g/mol. The predicted octanol–water partition coefficient (Wildman–Crippen LogP) is 1.65. The molecule has 144 valence electrons. The van der Waals surface area contributed by atoms with Gasteiger partial charge in [-0.25, -0.2) is 4.68 Å². The molecule has 2 fully saturated rings. The second-order valence-corrected chi connectivity index (χ2v) is 6.58. The van der Waals surface area contributed by atoms with Crippen LogP contribution < -0.4 is 10.6 Å². The molecule has 1 amide bonds. The Morgan fingerprint density at radius 2 is 1.92 bits per heavy atom. The number of halogens is 2. The van der Waals surface area contributed by atoms with Crippen molar-refractivity contribution < 1.29 is 4.79 Å². The maximum absolute atomic E-state index is 12.1. The molecule has 7 nitrogen and oxygen atoms in total. The third-order valence-electron chi connectivity index (χ3n) is 4.81. The second kappa shape index (κ2) is 11.7. The van der Waals surface area contributed by atoms with Crippen LogP contribution in [0.1, 0.15) is 55.1 Å². The molecule has 1 aromatic rings. The molecule has 0 bridgehead atoms. The van der Waals surface area contributed by atoms with E-state index in [4.69, 9.17) is 0 Å². The van der Waals surface area contributed by atoms with E-state index in [0.29, 0.717) is 18.3 Å². The second-order valence-electron chi connectivity index (χ2n) is 6.58. The minimum Gasteiger partial charge on any atom is -0.351 e. The Morgan fingerprint density at radius 3 is 2.64 bits per heavy atom. The van der Waals surface area contributed by atoms with Crippen LogP contribution in [0.15, 0.2) is 6.20 Å². The summed E-state index contributed by atoms with van der Waals surface area (Å²) in [4.78, 5) is 14.6. The highest BCUT2D eigenvalue weighted by molar-refractivity contribution is 5.91. The fraction of sp³-hybridized carbons (Fsp3) is 0.812. The van der Waals surface area contributed by atoms with Gasteiger partial charge in [0.15, 0.2) is 5.69 Å². The standard InChI is InChI=1S/C16H28N6O.2ClH/c23-16(18-7-4-12-21-10-2-1-3-11-21)15-13-22(20-19-15)14-5-8-17-9-6-14;;/h13-14,17H,1-12H2,(H,18,23);2*1H. The van der Waals surface area contributed by atoms with Gasteiger partial charge in [-0.2, -0.15) is 0 Å². The molecule has 25 heavy (non-hydrogen) atoms. The first-order chi connectivity index (χ1) is 11.3. The Hall–Kier alpha value is -0.890. The summed E-state index contributed by atoms with van der Waals surface area (Å²) < 4.78 is 1.85. The third-order valence-corrected chi connectivity index (χ3v) is 4.81. The Balaban J connectivity index is 0.00000156. The van der Waals surface area contributed by atoms with Crippen molar-refractivity contribution in [2.24, 2.45) is 0 Å². The van der Waals surface area contributed by atoms with Crippen LogP contribution in [-0.2, 0) is 0 Å². The molecule has 0 radical (unpaired) electrons. The molecule has 3 rings (SSSR count). The van der Waals surface area contributed by atoms with Crippen LogP contribution in [0.2, 0.25) is 0 Å². The lowest BCUT2D eigenvalue weighted by atomic mass is 10.1. The van der Waals surface area contributed by atoms with Crippen molar-refractivity contribution in [3.05, 3.63) is 11.9 Å². The Bertz CT molecular complexity index is 501. The fourth-order valence-corrected chi connectivity index (χ4v) is 3.41. The summed E-state index contributed by atoms with van der Waals surface area (Å²) in [7, 11) is 0. The van der Waals surface area contributed by atoms with Crippen LogP contribution in [0.4, 0.5) is 0 Å². The normalized spacial score (nSPS) is 18.9. The Morgan fingerprint density at radius 1 is 1.20 bits per heavy atom. The number of nitrogens with one attached hydrogen (secondary N) is 2. The van der Waals surface area contributed by atoms with E-state index in [2.05, 4.69) is 25.8 Å². The molecule has 0 atom stereocenters. The molecule has 2 aliphatic rings. The summed E-state index contributed by atoms with van der Waals surface area (Å²) in [6.07, 6.45) is 8.85. The minimum absolute atomic E-state index is 0. The summed E-state index contributed by atoms with van der Waals surface area (Å²) in [6, 6.07) is 0.365. The van der Waals surface area contributed by atoms with Crippen molar-refractivity contribution in [1.29, 1.82) is 0 Å². The average Bonchev–Trinajstić information content (AvgIpc) is 3.10. The van der Waals surface area contributed by atoms with Crippen LogP contribution in [-0.4, -0.2) is 65.1 Å². The number of amides is 1. The van der Waals surface area contributed by atoms with Gasteiger partial charge in [-0.15, -0.1) is 29.9 Å². The van der Waals surface area contributed by atoms with Crippen LogP contribution in [0.3, 0.4) is 0 Å². The van der Waals surface area contributed by atoms with Crippen molar-refractivity contribution in [2.45, 2.75) is 44.6 Å². The van der Waals surface area contributed by atoms with E-state index in [1.807, 2.05) is 4.68 Å². The highest BCUT2D eigenvalue weighted by Crippen LogP contribution is 2.17. The number of aromatic nitrogens is 3. The number of nitrogens with zero attached hydrogens (tertiary/aromatic N) is 4. The van der Waals surface area contributed by atoms with Crippen molar-refractivity contribution in [3.8, 4) is 0 Å². The van der Waals surface area contributed by atoms with Gasteiger partial charge < -0.3 is 15.5 Å². The Labute approximate surface area is 162 Å². The van der Waals surface area contributed by atoms with Crippen LogP contribution >= 0.6 is 24.8 Å². The molecular formula is C16H30Cl2N6O. The van der Waals surface area contributed by atoms with Gasteiger partial charge in [-0.3, -0.25) is 4.79 Å². The lowest BCUT2D eigenvalue weighted by molar-refractivity contribution is 0.0946. The summed E-state index contributed by atoms with van der Waals surface area (Å²) >= 11 is 0. The van der Waals surface area contributed by atoms with Crippen LogP contribution in [0.25, 0.3) is 0 Å². The van der Waals surface area contributed by atoms with Gasteiger partial charge in [0, 0.05) is 6.54 Å². The largest absolute Gasteiger partial charge is 0.351 e. The molecule has 2 aliphatic heterocycles. The zero-order chi connectivity index (χ0) is 15.9. The smallest absolute Gasteiger partial charge is 0.273 e. The van der Waals surface area contributed by atoms with Crippen LogP contribution in [0.5, 0.6) is 0 Å². The SMILES string of the molecule is Cl.Cl.O=C(NCCCN1CCCCC1)c1cn(C2CCNCC2)nn1. The first kappa shape index (κ1) is 22.2. The van der Waals surface area contributed by atoms with E-state index >= 15 is 0 Å². The molecular weight excluding hydrogens is 363 g/mol. The molecule has 2 N–H and O–H groups in total. The zero-order valence-electron chi connectivity index (χ0n) is 14.7. The van der Waals surface area contributed by atoms with Gasteiger partial charge in [0.25, 0.3) is 5.91 Å². The van der Waals surface area contributed by atoms with E-state index in [1.165, 1.54) is 32.4 Å². The predicted molar refractivity (Wildman–Crippen MR) is 103 cm³/mol. The molecule has 9 heteroatoms. The molecule has 2 saturated heterocycles. The maximum atomic E-state index is 12.1.